The molecule has 0 spiro atoms. The van der Waals surface area contributed by atoms with Crippen LogP contribution < -0.4 is 0 Å². The molecule has 1 fully saturated rings. The number of ether oxygens (including phenoxy) is 2. The number of hydrogen-bond donors (Lipinski definition) is 0. The average molecular weight is 144 g/mol. The van der Waals surface area contributed by atoms with Gasteiger partial charge in [-0.15, -0.1) is 0 Å². The third kappa shape index (κ3) is 1.26. The molecule has 1 aliphatic heterocycles. The highest BCUT2D eigenvalue weighted by atomic mass is 16.6. The van der Waals surface area contributed by atoms with Gasteiger partial charge >= 0.3 is 5.97 Å². The van der Waals surface area contributed by atoms with E-state index in [-0.39, 0.29) is 19.0 Å². The van der Waals surface area contributed by atoms with E-state index >= 15 is 0 Å². The van der Waals surface area contributed by atoms with E-state index in [0.717, 1.165) is 0 Å². The van der Waals surface area contributed by atoms with Crippen LogP contribution in [0.4, 0.5) is 0 Å². The van der Waals surface area contributed by atoms with Crippen LogP contribution in [0, 0.1) is 0 Å². The van der Waals surface area contributed by atoms with Crippen molar-refractivity contribution in [1.29, 1.82) is 0 Å². The maximum atomic E-state index is 10.5. The average Bonchev–Trinajstić information content (AvgIpc) is 2.12. The number of rotatable bonds is 2. The lowest BCUT2D eigenvalue weighted by Crippen LogP contribution is -2.28. The molecule has 0 saturated carbocycles. The predicted molar refractivity (Wildman–Crippen MR) is 31.1 cm³/mol. The molecule has 1 rings (SSSR count). The third-order valence-corrected chi connectivity index (χ3v) is 1.39. The van der Waals surface area contributed by atoms with E-state index in [1.807, 2.05) is 0 Å². The second-order valence-electron chi connectivity index (χ2n) is 2.50. The molecule has 0 radical (unpaired) electrons. The molecule has 0 aromatic heterocycles. The normalized spacial score (nSPS) is 31.5. The zero-order valence-corrected chi connectivity index (χ0v) is 5.62. The Bertz CT molecular complexity index is 165. The Morgan fingerprint density at radius 1 is 1.80 bits per heavy atom. The number of carbonyl (C=O) groups excluding carboxylic acids is 2. The maximum absolute atomic E-state index is 10.5. The van der Waals surface area contributed by atoms with Crippen LogP contribution in [0.2, 0.25) is 0 Å². The highest BCUT2D eigenvalue weighted by molar-refractivity contribution is 5.73. The lowest BCUT2D eigenvalue weighted by atomic mass is 10.1. The molecule has 0 bridgehead atoms. The molecule has 1 saturated heterocycles. The van der Waals surface area contributed by atoms with Crippen LogP contribution >= 0.6 is 0 Å². The molecule has 0 amide bonds. The van der Waals surface area contributed by atoms with Crippen molar-refractivity contribution in [3.63, 3.8) is 0 Å². The number of carbonyl (C=O) groups is 2. The topological polar surface area (TPSA) is 52.6 Å². The van der Waals surface area contributed by atoms with Crippen LogP contribution in [-0.4, -0.2) is 24.6 Å². The molecule has 0 N–H and O–H groups in total. The molecule has 0 aromatic carbocycles. The first-order valence-corrected chi connectivity index (χ1v) is 2.93. The van der Waals surface area contributed by atoms with Crippen molar-refractivity contribution < 1.29 is 19.1 Å². The number of cyclic esters (lactones) is 1. The summed E-state index contributed by atoms with van der Waals surface area (Å²) in [7, 11) is 0. The summed E-state index contributed by atoms with van der Waals surface area (Å²) in [4.78, 5) is 20.4. The van der Waals surface area contributed by atoms with Gasteiger partial charge in [0.05, 0.1) is 6.42 Å². The molecule has 10 heavy (non-hydrogen) atoms. The highest BCUT2D eigenvalue weighted by Gasteiger charge is 2.37. The van der Waals surface area contributed by atoms with Crippen molar-refractivity contribution in [3.8, 4) is 0 Å². The zero-order chi connectivity index (χ0) is 7.61. The van der Waals surface area contributed by atoms with Crippen LogP contribution in [0.3, 0.4) is 0 Å². The lowest BCUT2D eigenvalue weighted by Gasteiger charge is -2.16. The quantitative estimate of drug-likeness (QED) is 0.400. The van der Waals surface area contributed by atoms with Crippen LogP contribution in [0.15, 0.2) is 0 Å². The van der Waals surface area contributed by atoms with Gasteiger partial charge in [-0.3, -0.25) is 9.59 Å². The van der Waals surface area contributed by atoms with E-state index in [9.17, 15) is 9.59 Å². The van der Waals surface area contributed by atoms with Crippen LogP contribution in [-0.2, 0) is 19.1 Å². The van der Waals surface area contributed by atoms with E-state index in [1.54, 1.807) is 6.92 Å². The monoisotopic (exact) mass is 144 g/mol. The molecule has 56 valence electrons. The summed E-state index contributed by atoms with van der Waals surface area (Å²) in [6, 6.07) is 0. The molecular weight excluding hydrogens is 136 g/mol. The summed E-state index contributed by atoms with van der Waals surface area (Å²) < 4.78 is 9.23. The van der Waals surface area contributed by atoms with Gasteiger partial charge in [-0.25, -0.2) is 0 Å². The summed E-state index contributed by atoms with van der Waals surface area (Å²) in [5, 5.41) is 0. The molecule has 4 heteroatoms. The molecule has 4 nitrogen and oxygen atoms in total. The number of esters is 1. The van der Waals surface area contributed by atoms with E-state index in [2.05, 4.69) is 9.47 Å². The molecular formula is C6H8O4. The smallest absolute Gasteiger partial charge is 0.310 e. The SMILES string of the molecule is CC1(OC=O)COC(=O)C1. The second kappa shape index (κ2) is 2.28. The van der Waals surface area contributed by atoms with Crippen molar-refractivity contribution in [2.45, 2.75) is 18.9 Å². The van der Waals surface area contributed by atoms with Gasteiger partial charge in [0.25, 0.3) is 6.47 Å². The van der Waals surface area contributed by atoms with Gasteiger partial charge in [-0.05, 0) is 6.92 Å². The fourth-order valence-corrected chi connectivity index (χ4v) is 0.832. The first-order chi connectivity index (χ1) is 4.66. The standard InChI is InChI=1S/C6H8O4/c1-6(10-4-7)2-5(8)9-3-6/h4H,2-3H2,1H3. The Morgan fingerprint density at radius 3 is 2.90 bits per heavy atom. The Hall–Kier alpha value is -1.06. The minimum absolute atomic E-state index is 0.158. The van der Waals surface area contributed by atoms with Gasteiger partial charge in [-0.2, -0.15) is 0 Å². The lowest BCUT2D eigenvalue weighted by molar-refractivity contribution is -0.142. The summed E-state index contributed by atoms with van der Waals surface area (Å²) in [5.41, 5.74) is -0.723. The predicted octanol–water partition coefficient (Wildman–Crippen LogP) is -0.135. The summed E-state index contributed by atoms with van der Waals surface area (Å²) >= 11 is 0. The number of hydrogen-bond acceptors (Lipinski definition) is 4. The van der Waals surface area contributed by atoms with E-state index in [1.165, 1.54) is 0 Å². The largest absolute Gasteiger partial charge is 0.461 e. The molecule has 1 aliphatic rings. The maximum Gasteiger partial charge on any atom is 0.310 e. The van der Waals surface area contributed by atoms with Gasteiger partial charge in [0, 0.05) is 0 Å². The van der Waals surface area contributed by atoms with Crippen LogP contribution in [0.5, 0.6) is 0 Å². The molecule has 1 heterocycles. The van der Waals surface area contributed by atoms with E-state index < -0.39 is 5.60 Å². The molecule has 0 aliphatic carbocycles. The first-order valence-electron chi connectivity index (χ1n) is 2.93. The van der Waals surface area contributed by atoms with Crippen molar-refractivity contribution in [1.82, 2.24) is 0 Å². The van der Waals surface area contributed by atoms with E-state index in [0.29, 0.717) is 6.47 Å². The Morgan fingerprint density at radius 2 is 2.50 bits per heavy atom. The molecule has 0 aromatic rings. The molecule has 1 atom stereocenters. The van der Waals surface area contributed by atoms with Crippen molar-refractivity contribution in [3.05, 3.63) is 0 Å². The van der Waals surface area contributed by atoms with Crippen LogP contribution in [0.1, 0.15) is 13.3 Å². The fraction of sp³-hybridized carbons (Fsp3) is 0.667. The van der Waals surface area contributed by atoms with Gasteiger partial charge < -0.3 is 9.47 Å². The second-order valence-corrected chi connectivity index (χ2v) is 2.50. The summed E-state index contributed by atoms with van der Waals surface area (Å²) in [5.74, 6) is -0.315. The van der Waals surface area contributed by atoms with E-state index in [4.69, 9.17) is 0 Å². The van der Waals surface area contributed by atoms with Crippen molar-refractivity contribution >= 4 is 12.4 Å². The first kappa shape index (κ1) is 7.05. The van der Waals surface area contributed by atoms with Crippen molar-refractivity contribution in [2.24, 2.45) is 0 Å². The fourth-order valence-electron chi connectivity index (χ4n) is 0.832. The summed E-state index contributed by atoms with van der Waals surface area (Å²) in [6.07, 6.45) is 0.158. The van der Waals surface area contributed by atoms with Gasteiger partial charge in [0.15, 0.2) is 5.60 Å². The van der Waals surface area contributed by atoms with Gasteiger partial charge in [0.2, 0.25) is 0 Å². The Kier molecular flexibility index (Phi) is 1.61. The minimum Gasteiger partial charge on any atom is -0.461 e. The van der Waals surface area contributed by atoms with Gasteiger partial charge in [-0.1, -0.05) is 0 Å². The Labute approximate surface area is 58.1 Å². The highest BCUT2D eigenvalue weighted by Crippen LogP contribution is 2.21. The third-order valence-electron chi connectivity index (χ3n) is 1.39. The van der Waals surface area contributed by atoms with Gasteiger partial charge in [0.1, 0.15) is 6.61 Å². The zero-order valence-electron chi connectivity index (χ0n) is 5.62. The van der Waals surface area contributed by atoms with Crippen molar-refractivity contribution in [2.75, 3.05) is 6.61 Å². The van der Waals surface area contributed by atoms with Crippen LogP contribution in [0.25, 0.3) is 0 Å². The Balaban J connectivity index is 2.53. The summed E-state index contributed by atoms with van der Waals surface area (Å²) in [6.45, 7) is 2.17. The molecule has 1 unspecified atom stereocenters. The minimum atomic E-state index is -0.723.